The zero-order chi connectivity index (χ0) is 9.97. The van der Waals surface area contributed by atoms with Gasteiger partial charge < -0.3 is 4.90 Å². The second-order valence-corrected chi connectivity index (χ2v) is 3.42. The van der Waals surface area contributed by atoms with Gasteiger partial charge in [0, 0.05) is 6.54 Å². The number of nitrogens with zero attached hydrogens (tertiary/aromatic N) is 1. The molecule has 1 aromatic carbocycles. The topological polar surface area (TPSA) is 20.1 Å². The lowest BCUT2D eigenvalue weighted by Gasteiger charge is -1.99. The van der Waals surface area contributed by atoms with Gasteiger partial charge >= 0.3 is 0 Å². The maximum absolute atomic E-state index is 11.4. The van der Waals surface area contributed by atoms with Gasteiger partial charge in [0.05, 0.1) is 6.04 Å². The predicted molar refractivity (Wildman–Crippen MR) is 55.7 cm³/mol. The molecule has 0 radical (unpaired) electrons. The molecule has 0 aromatic heterocycles. The Hall–Kier alpha value is -1.57. The lowest BCUT2D eigenvalue weighted by atomic mass is 10.2. The number of rotatable bonds is 2. The van der Waals surface area contributed by atoms with Crippen molar-refractivity contribution in [2.45, 2.75) is 13.0 Å². The van der Waals surface area contributed by atoms with Crippen LogP contribution >= 0.6 is 0 Å². The van der Waals surface area contributed by atoms with Crippen LogP contribution in [0.5, 0.6) is 0 Å². The smallest absolute Gasteiger partial charge is 0.246 e. The SMILES string of the molecule is C/C=C/C(=O)N1C[C@H]1c1ccccc1. The van der Waals surface area contributed by atoms with Gasteiger partial charge in [0.15, 0.2) is 0 Å². The average molecular weight is 187 g/mol. The molecule has 72 valence electrons. The summed E-state index contributed by atoms with van der Waals surface area (Å²) in [5.41, 5.74) is 1.23. The van der Waals surface area contributed by atoms with Crippen molar-refractivity contribution in [1.29, 1.82) is 0 Å². The van der Waals surface area contributed by atoms with E-state index >= 15 is 0 Å². The third-order valence-electron chi connectivity index (χ3n) is 2.39. The minimum Gasteiger partial charge on any atom is -0.328 e. The lowest BCUT2D eigenvalue weighted by molar-refractivity contribution is -0.121. The number of amides is 1. The summed E-state index contributed by atoms with van der Waals surface area (Å²) in [5.74, 6) is 0.112. The van der Waals surface area contributed by atoms with Gasteiger partial charge in [-0.2, -0.15) is 0 Å². The molecular weight excluding hydrogens is 174 g/mol. The molecule has 0 saturated carbocycles. The summed E-state index contributed by atoms with van der Waals surface area (Å²) in [6, 6.07) is 10.4. The van der Waals surface area contributed by atoms with Gasteiger partial charge in [-0.15, -0.1) is 0 Å². The molecular formula is C12H13NO. The molecule has 1 atom stereocenters. The molecule has 0 unspecified atom stereocenters. The first-order valence-corrected chi connectivity index (χ1v) is 4.81. The number of allylic oxidation sites excluding steroid dienone is 1. The molecule has 1 saturated heterocycles. The third kappa shape index (κ3) is 1.69. The van der Waals surface area contributed by atoms with Crippen molar-refractivity contribution in [3.63, 3.8) is 0 Å². The normalized spacial score (nSPS) is 20.1. The molecule has 0 spiro atoms. The molecule has 2 nitrogen and oxygen atoms in total. The van der Waals surface area contributed by atoms with Crippen molar-refractivity contribution in [3.8, 4) is 0 Å². The summed E-state index contributed by atoms with van der Waals surface area (Å²) < 4.78 is 0. The van der Waals surface area contributed by atoms with Crippen LogP contribution in [-0.4, -0.2) is 17.4 Å². The van der Waals surface area contributed by atoms with E-state index in [9.17, 15) is 4.79 Å². The van der Waals surface area contributed by atoms with E-state index in [0.29, 0.717) is 6.04 Å². The summed E-state index contributed by atoms with van der Waals surface area (Å²) in [6.45, 7) is 2.71. The van der Waals surface area contributed by atoms with Crippen molar-refractivity contribution in [3.05, 3.63) is 48.0 Å². The van der Waals surface area contributed by atoms with E-state index in [0.717, 1.165) is 6.54 Å². The Balaban J connectivity index is 2.03. The van der Waals surface area contributed by atoms with E-state index in [1.165, 1.54) is 5.56 Å². The average Bonchev–Trinajstić information content (AvgIpc) is 2.99. The highest BCUT2D eigenvalue weighted by Crippen LogP contribution is 2.34. The molecule has 0 N–H and O–H groups in total. The molecule has 0 aliphatic carbocycles. The third-order valence-corrected chi connectivity index (χ3v) is 2.39. The summed E-state index contributed by atoms with van der Waals surface area (Å²) in [7, 11) is 0. The highest BCUT2D eigenvalue weighted by atomic mass is 16.2. The van der Waals surface area contributed by atoms with Gasteiger partial charge in [-0.3, -0.25) is 4.79 Å². The van der Waals surface area contributed by atoms with Crippen LogP contribution in [0.4, 0.5) is 0 Å². The minimum absolute atomic E-state index is 0.112. The van der Waals surface area contributed by atoms with Crippen LogP contribution in [0.2, 0.25) is 0 Å². The van der Waals surface area contributed by atoms with Gasteiger partial charge in [0.2, 0.25) is 5.91 Å². The molecule has 1 amide bonds. The van der Waals surface area contributed by atoms with Crippen molar-refractivity contribution < 1.29 is 4.79 Å². The Morgan fingerprint density at radius 2 is 2.14 bits per heavy atom. The first-order chi connectivity index (χ1) is 6.83. The van der Waals surface area contributed by atoms with Crippen LogP contribution in [0.15, 0.2) is 42.5 Å². The number of hydrogen-bond donors (Lipinski definition) is 0. The molecule has 1 aromatic rings. The van der Waals surface area contributed by atoms with Crippen LogP contribution < -0.4 is 0 Å². The van der Waals surface area contributed by atoms with Crippen LogP contribution in [-0.2, 0) is 4.79 Å². The van der Waals surface area contributed by atoms with Gasteiger partial charge in [-0.25, -0.2) is 0 Å². The fourth-order valence-electron chi connectivity index (χ4n) is 1.58. The number of carbonyl (C=O) groups is 1. The fraction of sp³-hybridized carbons (Fsp3) is 0.250. The van der Waals surface area contributed by atoms with E-state index in [1.54, 1.807) is 12.2 Å². The number of hydrogen-bond acceptors (Lipinski definition) is 1. The first-order valence-electron chi connectivity index (χ1n) is 4.81. The van der Waals surface area contributed by atoms with E-state index in [2.05, 4.69) is 12.1 Å². The monoisotopic (exact) mass is 187 g/mol. The second-order valence-electron chi connectivity index (χ2n) is 3.42. The quantitative estimate of drug-likeness (QED) is 0.513. The van der Waals surface area contributed by atoms with E-state index in [4.69, 9.17) is 0 Å². The van der Waals surface area contributed by atoms with Gasteiger partial charge in [0.25, 0.3) is 0 Å². The Kier molecular flexibility index (Phi) is 2.35. The van der Waals surface area contributed by atoms with Crippen LogP contribution in [0.3, 0.4) is 0 Å². The van der Waals surface area contributed by atoms with E-state index in [-0.39, 0.29) is 5.91 Å². The molecule has 2 rings (SSSR count). The highest BCUT2D eigenvalue weighted by molar-refractivity contribution is 5.89. The fourth-order valence-corrected chi connectivity index (χ4v) is 1.58. The van der Waals surface area contributed by atoms with Crippen LogP contribution in [0, 0.1) is 0 Å². The standard InChI is InChI=1S/C12H13NO/c1-2-6-12(14)13-9-11(13)10-7-4-3-5-8-10/h2-8,11H,9H2,1H3/b6-2+/t11-,13?/m0/s1. The van der Waals surface area contributed by atoms with Crippen molar-refractivity contribution >= 4 is 5.91 Å². The Bertz CT molecular complexity index is 356. The number of carbonyl (C=O) groups excluding carboxylic acids is 1. The van der Waals surface area contributed by atoms with Gasteiger partial charge in [0.1, 0.15) is 0 Å². The molecule has 1 aliphatic heterocycles. The van der Waals surface area contributed by atoms with Crippen LogP contribution in [0.1, 0.15) is 18.5 Å². The summed E-state index contributed by atoms with van der Waals surface area (Å²) >= 11 is 0. The molecule has 1 aliphatic rings. The van der Waals surface area contributed by atoms with E-state index < -0.39 is 0 Å². The Morgan fingerprint density at radius 3 is 2.79 bits per heavy atom. The lowest BCUT2D eigenvalue weighted by Crippen LogP contribution is -2.07. The largest absolute Gasteiger partial charge is 0.328 e. The first kappa shape index (κ1) is 9.00. The summed E-state index contributed by atoms with van der Waals surface area (Å²) in [5, 5.41) is 0. The zero-order valence-corrected chi connectivity index (χ0v) is 8.18. The molecule has 1 heterocycles. The second kappa shape index (κ2) is 3.66. The van der Waals surface area contributed by atoms with E-state index in [1.807, 2.05) is 30.0 Å². The molecule has 1 fully saturated rings. The maximum atomic E-state index is 11.4. The van der Waals surface area contributed by atoms with Crippen molar-refractivity contribution in [2.75, 3.05) is 6.54 Å². The minimum atomic E-state index is 0.112. The van der Waals surface area contributed by atoms with Crippen LogP contribution in [0.25, 0.3) is 0 Å². The van der Waals surface area contributed by atoms with Gasteiger partial charge in [-0.1, -0.05) is 36.4 Å². The maximum Gasteiger partial charge on any atom is 0.246 e. The molecule has 2 heteroatoms. The highest BCUT2D eigenvalue weighted by Gasteiger charge is 2.37. The predicted octanol–water partition coefficient (Wildman–Crippen LogP) is 2.15. The number of benzene rings is 1. The van der Waals surface area contributed by atoms with Crippen molar-refractivity contribution in [1.82, 2.24) is 4.90 Å². The zero-order valence-electron chi connectivity index (χ0n) is 8.18. The summed E-state index contributed by atoms with van der Waals surface area (Å²) in [4.78, 5) is 13.3. The van der Waals surface area contributed by atoms with Gasteiger partial charge in [-0.05, 0) is 18.6 Å². The summed E-state index contributed by atoms with van der Waals surface area (Å²) in [6.07, 6.45) is 3.39. The molecule has 0 bridgehead atoms. The molecule has 14 heavy (non-hydrogen) atoms. The Labute approximate surface area is 83.8 Å². The Morgan fingerprint density at radius 1 is 1.43 bits per heavy atom. The van der Waals surface area contributed by atoms with Crippen molar-refractivity contribution in [2.24, 2.45) is 0 Å².